The SMILES string of the molecule is C[C@@H](CO)C1SCCCS1. The van der Waals surface area contributed by atoms with Gasteiger partial charge in [0, 0.05) is 12.5 Å². The highest BCUT2D eigenvalue weighted by Gasteiger charge is 2.19. The number of hydrogen-bond acceptors (Lipinski definition) is 3. The molecule has 1 fully saturated rings. The Hall–Kier alpha value is 0.660. The van der Waals surface area contributed by atoms with E-state index in [4.69, 9.17) is 5.11 Å². The lowest BCUT2D eigenvalue weighted by atomic mass is 10.2. The first-order valence-electron chi connectivity index (χ1n) is 3.68. The highest BCUT2D eigenvalue weighted by atomic mass is 32.2. The third-order valence-corrected chi connectivity index (χ3v) is 5.06. The van der Waals surface area contributed by atoms with Crippen LogP contribution in [0.3, 0.4) is 0 Å². The summed E-state index contributed by atoms with van der Waals surface area (Å²) >= 11 is 4.00. The monoisotopic (exact) mass is 178 g/mol. The fraction of sp³-hybridized carbons (Fsp3) is 1.00. The molecule has 1 nitrogen and oxygen atoms in total. The molecule has 3 heteroatoms. The molecule has 1 heterocycles. The van der Waals surface area contributed by atoms with Crippen molar-refractivity contribution >= 4 is 23.5 Å². The van der Waals surface area contributed by atoms with E-state index in [-0.39, 0.29) is 0 Å². The first kappa shape index (κ1) is 8.75. The second-order valence-corrected chi connectivity index (χ2v) is 5.42. The maximum atomic E-state index is 8.86. The van der Waals surface area contributed by atoms with Gasteiger partial charge in [-0.1, -0.05) is 6.92 Å². The predicted octanol–water partition coefficient (Wildman–Crippen LogP) is 1.81. The van der Waals surface area contributed by atoms with Crippen molar-refractivity contribution in [2.45, 2.75) is 17.9 Å². The molecule has 60 valence electrons. The van der Waals surface area contributed by atoms with Crippen molar-refractivity contribution in [2.75, 3.05) is 18.1 Å². The fourth-order valence-corrected chi connectivity index (χ4v) is 3.98. The van der Waals surface area contributed by atoms with Crippen LogP contribution in [0.1, 0.15) is 13.3 Å². The third-order valence-electron chi connectivity index (χ3n) is 1.61. The maximum absolute atomic E-state index is 8.86. The van der Waals surface area contributed by atoms with Crippen LogP contribution in [0.25, 0.3) is 0 Å². The zero-order valence-corrected chi connectivity index (χ0v) is 7.88. The number of aliphatic hydroxyl groups is 1. The van der Waals surface area contributed by atoms with Crippen molar-refractivity contribution in [1.29, 1.82) is 0 Å². The Labute approximate surface area is 71.0 Å². The molecule has 10 heavy (non-hydrogen) atoms. The second kappa shape index (κ2) is 4.52. The van der Waals surface area contributed by atoms with Gasteiger partial charge in [-0.25, -0.2) is 0 Å². The molecule has 0 radical (unpaired) electrons. The summed E-state index contributed by atoms with van der Waals surface area (Å²) in [6.45, 7) is 2.46. The van der Waals surface area contributed by atoms with E-state index in [1.165, 1.54) is 17.9 Å². The Morgan fingerprint density at radius 3 is 2.60 bits per heavy atom. The molecular formula is C7H14OS2. The molecule has 0 aromatic heterocycles. The van der Waals surface area contributed by atoms with Crippen LogP contribution in [0.5, 0.6) is 0 Å². The zero-order chi connectivity index (χ0) is 7.40. The van der Waals surface area contributed by atoms with Crippen LogP contribution < -0.4 is 0 Å². The van der Waals surface area contributed by atoms with Crippen molar-refractivity contribution < 1.29 is 5.11 Å². The number of rotatable bonds is 2. The molecule has 1 aliphatic heterocycles. The summed E-state index contributed by atoms with van der Waals surface area (Å²) in [6.07, 6.45) is 1.34. The summed E-state index contributed by atoms with van der Waals surface area (Å²) in [4.78, 5) is 0. The van der Waals surface area contributed by atoms with Gasteiger partial charge < -0.3 is 5.11 Å². The van der Waals surface area contributed by atoms with Crippen molar-refractivity contribution in [1.82, 2.24) is 0 Å². The minimum Gasteiger partial charge on any atom is -0.396 e. The topological polar surface area (TPSA) is 20.2 Å². The van der Waals surface area contributed by atoms with E-state index < -0.39 is 0 Å². The summed E-state index contributed by atoms with van der Waals surface area (Å²) in [7, 11) is 0. The van der Waals surface area contributed by atoms with Crippen molar-refractivity contribution in [3.63, 3.8) is 0 Å². The first-order valence-corrected chi connectivity index (χ1v) is 5.78. The predicted molar refractivity (Wildman–Crippen MR) is 49.6 cm³/mol. The second-order valence-electron chi connectivity index (χ2n) is 2.62. The van der Waals surface area contributed by atoms with E-state index in [2.05, 4.69) is 6.92 Å². The van der Waals surface area contributed by atoms with E-state index in [9.17, 15) is 0 Å². The van der Waals surface area contributed by atoms with Crippen molar-refractivity contribution in [3.05, 3.63) is 0 Å². The van der Waals surface area contributed by atoms with Gasteiger partial charge in [-0.2, -0.15) is 0 Å². The molecule has 0 saturated carbocycles. The van der Waals surface area contributed by atoms with Gasteiger partial charge in [0.1, 0.15) is 0 Å². The Morgan fingerprint density at radius 2 is 2.10 bits per heavy atom. The number of hydrogen-bond donors (Lipinski definition) is 1. The van der Waals surface area contributed by atoms with E-state index in [0.717, 1.165) is 0 Å². The molecule has 1 rings (SSSR count). The van der Waals surface area contributed by atoms with Gasteiger partial charge in [0.15, 0.2) is 0 Å². The molecule has 1 aliphatic rings. The summed E-state index contributed by atoms with van der Waals surface area (Å²) in [5.41, 5.74) is 0. The van der Waals surface area contributed by atoms with Gasteiger partial charge in [0.05, 0.1) is 4.58 Å². The van der Waals surface area contributed by atoms with E-state index in [1.54, 1.807) is 0 Å². The Bertz CT molecular complexity index is 91.6. The van der Waals surface area contributed by atoms with E-state index >= 15 is 0 Å². The highest BCUT2D eigenvalue weighted by molar-refractivity contribution is 8.17. The van der Waals surface area contributed by atoms with E-state index in [0.29, 0.717) is 17.1 Å². The molecule has 0 bridgehead atoms. The summed E-state index contributed by atoms with van der Waals surface area (Å²) in [6, 6.07) is 0. The average Bonchev–Trinajstić information content (AvgIpc) is 2.05. The summed E-state index contributed by atoms with van der Waals surface area (Å²) < 4.78 is 0.652. The smallest absolute Gasteiger partial charge is 0.0549 e. The summed E-state index contributed by atoms with van der Waals surface area (Å²) in [5, 5.41) is 8.86. The van der Waals surface area contributed by atoms with Crippen LogP contribution in [0.2, 0.25) is 0 Å². The quantitative estimate of drug-likeness (QED) is 0.696. The van der Waals surface area contributed by atoms with Gasteiger partial charge in [-0.05, 0) is 17.9 Å². The lowest BCUT2D eigenvalue weighted by Crippen LogP contribution is -2.18. The molecule has 0 unspecified atom stereocenters. The summed E-state index contributed by atoms with van der Waals surface area (Å²) in [5.74, 6) is 3.03. The molecule has 0 spiro atoms. The Balaban J connectivity index is 2.24. The van der Waals surface area contributed by atoms with Crippen LogP contribution in [0, 0.1) is 5.92 Å². The van der Waals surface area contributed by atoms with Gasteiger partial charge >= 0.3 is 0 Å². The normalized spacial score (nSPS) is 24.6. The van der Waals surface area contributed by atoms with Gasteiger partial charge in [-0.3, -0.25) is 0 Å². The molecule has 0 aromatic rings. The molecule has 1 N–H and O–H groups in total. The maximum Gasteiger partial charge on any atom is 0.0549 e. The molecular weight excluding hydrogens is 164 g/mol. The highest BCUT2D eigenvalue weighted by Crippen LogP contribution is 2.35. The molecule has 0 aromatic carbocycles. The average molecular weight is 178 g/mol. The van der Waals surface area contributed by atoms with Crippen molar-refractivity contribution in [3.8, 4) is 0 Å². The Kier molecular flexibility index (Phi) is 3.96. The zero-order valence-electron chi connectivity index (χ0n) is 6.25. The molecule has 1 saturated heterocycles. The van der Waals surface area contributed by atoms with Crippen LogP contribution in [-0.2, 0) is 0 Å². The van der Waals surface area contributed by atoms with Crippen LogP contribution >= 0.6 is 23.5 Å². The van der Waals surface area contributed by atoms with Crippen LogP contribution in [0.15, 0.2) is 0 Å². The van der Waals surface area contributed by atoms with Crippen molar-refractivity contribution in [2.24, 2.45) is 5.92 Å². The van der Waals surface area contributed by atoms with E-state index in [1.807, 2.05) is 23.5 Å². The Morgan fingerprint density at radius 1 is 1.50 bits per heavy atom. The lowest BCUT2D eigenvalue weighted by Gasteiger charge is -2.24. The minimum atomic E-state index is 0.338. The third kappa shape index (κ3) is 2.36. The lowest BCUT2D eigenvalue weighted by molar-refractivity contribution is 0.246. The van der Waals surface area contributed by atoms with Crippen LogP contribution in [-0.4, -0.2) is 27.8 Å². The largest absolute Gasteiger partial charge is 0.396 e. The van der Waals surface area contributed by atoms with Gasteiger partial charge in [0.2, 0.25) is 0 Å². The molecule has 0 aliphatic carbocycles. The standard InChI is InChI=1S/C7H14OS2/c1-6(5-8)7-9-3-2-4-10-7/h6-8H,2-5H2,1H3/t6-/m0/s1. The van der Waals surface area contributed by atoms with Gasteiger partial charge in [-0.15, -0.1) is 23.5 Å². The first-order chi connectivity index (χ1) is 4.84. The van der Waals surface area contributed by atoms with Gasteiger partial charge in [0.25, 0.3) is 0 Å². The minimum absolute atomic E-state index is 0.338. The molecule has 1 atom stereocenters. The number of thioether (sulfide) groups is 2. The van der Waals surface area contributed by atoms with Crippen LogP contribution in [0.4, 0.5) is 0 Å². The number of aliphatic hydroxyl groups excluding tert-OH is 1. The molecule has 0 amide bonds. The fourth-order valence-electron chi connectivity index (χ4n) is 0.921.